The van der Waals surface area contributed by atoms with Crippen molar-refractivity contribution in [2.24, 2.45) is 0 Å². The van der Waals surface area contributed by atoms with Gasteiger partial charge in [-0.1, -0.05) is 28.5 Å². The topological polar surface area (TPSA) is 63.1 Å². The minimum Gasteiger partial charge on any atom is -0.349 e. The molecule has 0 aliphatic carbocycles. The van der Waals surface area contributed by atoms with E-state index in [1.54, 1.807) is 28.2 Å². The van der Waals surface area contributed by atoms with Crippen LogP contribution in [0.1, 0.15) is 40.0 Å². The minimum atomic E-state index is -0.273. The molecule has 33 heavy (non-hydrogen) atoms. The molecule has 0 atom stereocenters. The Labute approximate surface area is 196 Å². The van der Waals surface area contributed by atoms with Crippen LogP contribution >= 0.6 is 11.3 Å². The molecule has 1 amide bonds. The molecular formula is C25H26FN5OS. The van der Waals surface area contributed by atoms with Crippen molar-refractivity contribution in [3.63, 3.8) is 0 Å². The number of amides is 1. The van der Waals surface area contributed by atoms with E-state index in [-0.39, 0.29) is 17.8 Å². The van der Waals surface area contributed by atoms with Crippen molar-refractivity contribution in [3.05, 3.63) is 70.7 Å². The number of hydrogen-bond donors (Lipinski definition) is 1. The fraction of sp³-hybridized carbons (Fsp3) is 0.320. The molecule has 170 valence electrons. The first-order valence-corrected chi connectivity index (χ1v) is 12.0. The van der Waals surface area contributed by atoms with Gasteiger partial charge in [-0.2, -0.15) is 10.1 Å². The van der Waals surface area contributed by atoms with Crippen LogP contribution in [0.3, 0.4) is 0 Å². The number of nitrogens with zero attached hydrogens (tertiary/aromatic N) is 4. The highest BCUT2D eigenvalue weighted by Gasteiger charge is 2.25. The van der Waals surface area contributed by atoms with E-state index in [2.05, 4.69) is 21.4 Å². The lowest BCUT2D eigenvalue weighted by atomic mass is 10.0. The van der Waals surface area contributed by atoms with E-state index in [0.29, 0.717) is 0 Å². The standard InChI is InChI=1S/C25H26FN5OS/c1-15-12-16(2)14-18(13-15)24(32)27-20-8-10-30(11-9-20)25-28-23-22(33-25)17(3)29-31(23)21-6-4-19(26)5-7-21/h4-7,12-14,20H,8-11H2,1-3H3,(H,27,32). The molecule has 1 aliphatic rings. The Balaban J connectivity index is 1.28. The zero-order valence-electron chi connectivity index (χ0n) is 18.9. The summed E-state index contributed by atoms with van der Waals surface area (Å²) in [5.74, 6) is -0.277. The molecule has 0 spiro atoms. The molecule has 1 N–H and O–H groups in total. The highest BCUT2D eigenvalue weighted by atomic mass is 32.1. The lowest BCUT2D eigenvalue weighted by Gasteiger charge is -2.32. The molecule has 5 rings (SSSR count). The number of benzene rings is 2. The van der Waals surface area contributed by atoms with Gasteiger partial charge in [-0.3, -0.25) is 4.79 Å². The third-order valence-electron chi connectivity index (χ3n) is 6.03. The minimum absolute atomic E-state index is 0.00440. The molecule has 2 aromatic carbocycles. The summed E-state index contributed by atoms with van der Waals surface area (Å²) in [7, 11) is 0. The van der Waals surface area contributed by atoms with Crippen molar-refractivity contribution >= 4 is 32.7 Å². The van der Waals surface area contributed by atoms with Crippen LogP contribution in [0, 0.1) is 26.6 Å². The quantitative estimate of drug-likeness (QED) is 0.465. The molecule has 0 saturated carbocycles. The number of rotatable bonds is 4. The highest BCUT2D eigenvalue weighted by Crippen LogP contribution is 2.33. The Hall–Kier alpha value is -3.26. The molecule has 0 radical (unpaired) electrons. The van der Waals surface area contributed by atoms with Crippen LogP contribution in [0.4, 0.5) is 9.52 Å². The number of aromatic nitrogens is 3. The first kappa shape index (κ1) is 21.6. The number of aryl methyl sites for hydroxylation is 3. The van der Waals surface area contributed by atoms with Gasteiger partial charge in [-0.05, 0) is 70.0 Å². The third kappa shape index (κ3) is 4.35. The summed E-state index contributed by atoms with van der Waals surface area (Å²) in [6, 6.07) is 12.4. The Morgan fingerprint density at radius 1 is 1.06 bits per heavy atom. The molecule has 1 saturated heterocycles. The molecule has 0 bridgehead atoms. The molecule has 8 heteroatoms. The zero-order chi connectivity index (χ0) is 23.1. The van der Waals surface area contributed by atoms with Crippen molar-refractivity contribution in [2.75, 3.05) is 18.0 Å². The summed E-state index contributed by atoms with van der Waals surface area (Å²) in [5.41, 5.74) is 5.42. The molecule has 4 aromatic rings. The first-order valence-electron chi connectivity index (χ1n) is 11.1. The Morgan fingerprint density at radius 3 is 2.39 bits per heavy atom. The van der Waals surface area contributed by atoms with Crippen LogP contribution in [0.2, 0.25) is 0 Å². The molecular weight excluding hydrogens is 437 g/mol. The van der Waals surface area contributed by atoms with E-state index >= 15 is 0 Å². The Morgan fingerprint density at radius 2 is 1.73 bits per heavy atom. The van der Waals surface area contributed by atoms with Crippen LogP contribution in [-0.4, -0.2) is 39.8 Å². The maximum atomic E-state index is 13.3. The van der Waals surface area contributed by atoms with Gasteiger partial charge in [-0.15, -0.1) is 0 Å². The number of piperidine rings is 1. The number of anilines is 1. The maximum Gasteiger partial charge on any atom is 0.251 e. The monoisotopic (exact) mass is 463 g/mol. The number of halogens is 1. The number of thiazole rings is 1. The molecule has 3 heterocycles. The molecule has 1 aliphatic heterocycles. The van der Waals surface area contributed by atoms with Crippen molar-refractivity contribution in [1.82, 2.24) is 20.1 Å². The fourth-order valence-corrected chi connectivity index (χ4v) is 5.45. The van der Waals surface area contributed by atoms with Crippen molar-refractivity contribution < 1.29 is 9.18 Å². The van der Waals surface area contributed by atoms with Crippen LogP contribution in [-0.2, 0) is 0 Å². The smallest absolute Gasteiger partial charge is 0.251 e. The summed E-state index contributed by atoms with van der Waals surface area (Å²) in [4.78, 5) is 19.9. The highest BCUT2D eigenvalue weighted by molar-refractivity contribution is 7.22. The number of hydrogen-bond acceptors (Lipinski definition) is 5. The first-order chi connectivity index (χ1) is 15.9. The lowest BCUT2D eigenvalue weighted by Crippen LogP contribution is -2.44. The number of carbonyl (C=O) groups excluding carboxylic acids is 1. The van der Waals surface area contributed by atoms with Gasteiger partial charge in [0.15, 0.2) is 10.8 Å². The summed E-state index contributed by atoms with van der Waals surface area (Å²) in [6.07, 6.45) is 1.74. The van der Waals surface area contributed by atoms with Gasteiger partial charge < -0.3 is 10.2 Å². The SMILES string of the molecule is Cc1cc(C)cc(C(=O)NC2CCN(c3nc4c(s3)c(C)nn4-c3ccc(F)cc3)CC2)c1. The van der Waals surface area contributed by atoms with E-state index in [0.717, 1.165) is 69.5 Å². The second-order valence-corrected chi connectivity index (χ2v) is 9.71. The summed E-state index contributed by atoms with van der Waals surface area (Å²) >= 11 is 1.63. The maximum absolute atomic E-state index is 13.3. The fourth-order valence-electron chi connectivity index (χ4n) is 4.41. The van der Waals surface area contributed by atoms with E-state index in [9.17, 15) is 9.18 Å². The second-order valence-electron chi connectivity index (χ2n) is 8.73. The average Bonchev–Trinajstić information content (AvgIpc) is 3.35. The van der Waals surface area contributed by atoms with E-state index in [4.69, 9.17) is 4.98 Å². The van der Waals surface area contributed by atoms with Crippen molar-refractivity contribution in [2.45, 2.75) is 39.7 Å². The summed E-state index contributed by atoms with van der Waals surface area (Å²) in [5, 5.41) is 8.76. The van der Waals surface area contributed by atoms with Crippen LogP contribution < -0.4 is 10.2 Å². The Bertz CT molecular complexity index is 1300. The van der Waals surface area contributed by atoms with Crippen LogP contribution in [0.5, 0.6) is 0 Å². The van der Waals surface area contributed by atoms with Gasteiger partial charge in [0.05, 0.1) is 16.1 Å². The van der Waals surface area contributed by atoms with Gasteiger partial charge in [-0.25, -0.2) is 9.07 Å². The van der Waals surface area contributed by atoms with Gasteiger partial charge in [0.25, 0.3) is 5.91 Å². The number of nitrogens with one attached hydrogen (secondary N) is 1. The number of carbonyl (C=O) groups is 1. The second kappa shape index (κ2) is 8.59. The summed E-state index contributed by atoms with van der Waals surface area (Å²) < 4.78 is 16.2. The van der Waals surface area contributed by atoms with E-state index in [1.807, 2.05) is 32.9 Å². The van der Waals surface area contributed by atoms with Gasteiger partial charge in [0.1, 0.15) is 5.82 Å². The van der Waals surface area contributed by atoms with Crippen molar-refractivity contribution in [3.8, 4) is 5.69 Å². The average molecular weight is 464 g/mol. The summed E-state index contributed by atoms with van der Waals surface area (Å²) in [6.45, 7) is 7.65. The number of fused-ring (bicyclic) bond motifs is 1. The van der Waals surface area contributed by atoms with E-state index < -0.39 is 0 Å². The van der Waals surface area contributed by atoms with Crippen LogP contribution in [0.25, 0.3) is 16.0 Å². The predicted molar refractivity (Wildman–Crippen MR) is 130 cm³/mol. The molecule has 0 unspecified atom stereocenters. The predicted octanol–water partition coefficient (Wildman–Crippen LogP) is 4.95. The lowest BCUT2D eigenvalue weighted by molar-refractivity contribution is 0.0931. The van der Waals surface area contributed by atoms with Gasteiger partial charge in [0.2, 0.25) is 0 Å². The zero-order valence-corrected chi connectivity index (χ0v) is 19.7. The Kier molecular flexibility index (Phi) is 5.62. The van der Waals surface area contributed by atoms with Crippen LogP contribution in [0.15, 0.2) is 42.5 Å². The molecule has 1 fully saturated rings. The molecule has 2 aromatic heterocycles. The third-order valence-corrected chi connectivity index (χ3v) is 7.25. The largest absolute Gasteiger partial charge is 0.349 e. The van der Waals surface area contributed by atoms with Crippen molar-refractivity contribution in [1.29, 1.82) is 0 Å². The van der Waals surface area contributed by atoms with Gasteiger partial charge in [0, 0.05) is 24.7 Å². The molecule has 6 nitrogen and oxygen atoms in total. The van der Waals surface area contributed by atoms with E-state index in [1.165, 1.54) is 12.1 Å². The van der Waals surface area contributed by atoms with Gasteiger partial charge >= 0.3 is 0 Å². The normalized spacial score (nSPS) is 14.7.